The predicted octanol–water partition coefficient (Wildman–Crippen LogP) is 1.69. The van der Waals surface area contributed by atoms with Gasteiger partial charge in [0.25, 0.3) is 0 Å². The molecule has 1 atom stereocenters. The molecule has 1 aliphatic rings. The van der Waals surface area contributed by atoms with E-state index in [1.54, 1.807) is 9.80 Å². The lowest BCUT2D eigenvalue weighted by Crippen LogP contribution is -2.56. The molecule has 0 N–H and O–H groups in total. The molecule has 0 bridgehead atoms. The summed E-state index contributed by atoms with van der Waals surface area (Å²) in [6, 6.07) is -0.0706. The van der Waals surface area contributed by atoms with E-state index < -0.39 is 5.60 Å². The van der Waals surface area contributed by atoms with Gasteiger partial charge in [-0.05, 0) is 27.7 Å². The van der Waals surface area contributed by atoms with Crippen LogP contribution in [0.2, 0.25) is 0 Å². The Balaban J connectivity index is 2.55. The van der Waals surface area contributed by atoms with Crippen LogP contribution in [0, 0.1) is 0 Å². The molecule has 18 heavy (non-hydrogen) atoms. The quantitative estimate of drug-likeness (QED) is 0.663. The smallest absolute Gasteiger partial charge is 0.410 e. The van der Waals surface area contributed by atoms with Gasteiger partial charge in [-0.25, -0.2) is 9.59 Å². The number of hydrogen-bond donors (Lipinski definition) is 0. The molecule has 2 amide bonds. The first-order valence-corrected chi connectivity index (χ1v) is 6.07. The van der Waals surface area contributed by atoms with Crippen LogP contribution in [0.4, 0.5) is 9.59 Å². The molecule has 1 aliphatic heterocycles. The highest BCUT2D eigenvalue weighted by Gasteiger charge is 2.32. The molecule has 1 saturated heterocycles. The number of carbonyl (C=O) groups excluding carboxylic acids is 2. The van der Waals surface area contributed by atoms with Crippen molar-refractivity contribution in [1.29, 1.82) is 0 Å². The molecule has 6 heteroatoms. The van der Waals surface area contributed by atoms with Gasteiger partial charge in [0.05, 0.1) is 13.2 Å². The van der Waals surface area contributed by atoms with Crippen molar-refractivity contribution in [2.45, 2.75) is 39.3 Å². The largest absolute Gasteiger partial charge is 0.453 e. The maximum atomic E-state index is 11.9. The summed E-state index contributed by atoms with van der Waals surface area (Å²) in [5.41, 5.74) is -0.500. The van der Waals surface area contributed by atoms with Crippen molar-refractivity contribution < 1.29 is 19.1 Å². The van der Waals surface area contributed by atoms with Crippen molar-refractivity contribution >= 4 is 12.2 Å². The van der Waals surface area contributed by atoms with E-state index in [0.717, 1.165) is 0 Å². The molecular formula is C12H22N2O4. The number of ether oxygens (including phenoxy) is 2. The van der Waals surface area contributed by atoms with Gasteiger partial charge in [-0.1, -0.05) is 0 Å². The minimum absolute atomic E-state index is 0.0706. The molecule has 0 aromatic carbocycles. The zero-order valence-electron chi connectivity index (χ0n) is 11.7. The standard InChI is InChI=1S/C12H22N2O4/c1-9-8-13(10(15)18-12(2,3)4)6-7-14(9)11(16)17-5/h9H,6-8H2,1-5H3/t9-/m1/s1. The summed E-state index contributed by atoms with van der Waals surface area (Å²) in [5, 5.41) is 0. The zero-order chi connectivity index (χ0) is 13.9. The number of methoxy groups -OCH3 is 1. The molecule has 6 nitrogen and oxygen atoms in total. The van der Waals surface area contributed by atoms with Crippen molar-refractivity contribution in [2.75, 3.05) is 26.7 Å². The Hall–Kier alpha value is -1.46. The summed E-state index contributed by atoms with van der Waals surface area (Å²) in [7, 11) is 1.36. The maximum absolute atomic E-state index is 11.9. The van der Waals surface area contributed by atoms with Crippen LogP contribution in [-0.2, 0) is 9.47 Å². The minimum atomic E-state index is -0.500. The summed E-state index contributed by atoms with van der Waals surface area (Å²) in [6.07, 6.45) is -0.690. The Morgan fingerprint density at radius 1 is 1.17 bits per heavy atom. The summed E-state index contributed by atoms with van der Waals surface area (Å²) >= 11 is 0. The van der Waals surface area contributed by atoms with Gasteiger partial charge in [0.15, 0.2) is 0 Å². The van der Waals surface area contributed by atoms with Crippen molar-refractivity contribution in [3.63, 3.8) is 0 Å². The predicted molar refractivity (Wildman–Crippen MR) is 66.4 cm³/mol. The lowest BCUT2D eigenvalue weighted by molar-refractivity contribution is 0.00579. The van der Waals surface area contributed by atoms with Gasteiger partial charge in [-0.15, -0.1) is 0 Å². The molecule has 104 valence electrons. The lowest BCUT2D eigenvalue weighted by atomic mass is 10.2. The number of carbonyl (C=O) groups is 2. The maximum Gasteiger partial charge on any atom is 0.410 e. The molecule has 1 heterocycles. The van der Waals surface area contributed by atoms with E-state index in [-0.39, 0.29) is 18.2 Å². The Kier molecular flexibility index (Phi) is 4.43. The van der Waals surface area contributed by atoms with Gasteiger partial charge in [-0.2, -0.15) is 0 Å². The van der Waals surface area contributed by atoms with Crippen LogP contribution < -0.4 is 0 Å². The monoisotopic (exact) mass is 258 g/mol. The molecule has 0 radical (unpaired) electrons. The third kappa shape index (κ3) is 3.78. The van der Waals surface area contributed by atoms with E-state index in [1.165, 1.54) is 7.11 Å². The number of hydrogen-bond acceptors (Lipinski definition) is 4. The number of nitrogens with zero attached hydrogens (tertiary/aromatic N) is 2. The molecule has 0 unspecified atom stereocenters. The second-order valence-corrected chi connectivity index (χ2v) is 5.44. The molecule has 1 fully saturated rings. The highest BCUT2D eigenvalue weighted by atomic mass is 16.6. The fourth-order valence-corrected chi connectivity index (χ4v) is 1.84. The second kappa shape index (κ2) is 5.46. The summed E-state index contributed by atoms with van der Waals surface area (Å²) in [4.78, 5) is 26.6. The fourth-order valence-electron chi connectivity index (χ4n) is 1.84. The molecule has 0 saturated carbocycles. The van der Waals surface area contributed by atoms with Crippen LogP contribution in [0.25, 0.3) is 0 Å². The fraction of sp³-hybridized carbons (Fsp3) is 0.833. The van der Waals surface area contributed by atoms with E-state index in [1.807, 2.05) is 27.7 Å². The first-order valence-electron chi connectivity index (χ1n) is 6.07. The normalized spacial score (nSPS) is 20.6. The van der Waals surface area contributed by atoms with Gasteiger partial charge >= 0.3 is 12.2 Å². The Morgan fingerprint density at radius 2 is 1.78 bits per heavy atom. The second-order valence-electron chi connectivity index (χ2n) is 5.44. The molecule has 0 spiro atoms. The van der Waals surface area contributed by atoms with Gasteiger partial charge in [0.1, 0.15) is 5.60 Å². The summed E-state index contributed by atoms with van der Waals surface area (Å²) in [5.74, 6) is 0. The number of rotatable bonds is 0. The summed E-state index contributed by atoms with van der Waals surface area (Å²) in [6.45, 7) is 8.77. The topological polar surface area (TPSA) is 59.1 Å². The molecule has 1 rings (SSSR count). The van der Waals surface area contributed by atoms with Crippen molar-refractivity contribution in [1.82, 2.24) is 9.80 Å². The van der Waals surface area contributed by atoms with Gasteiger partial charge in [0, 0.05) is 19.6 Å². The summed E-state index contributed by atoms with van der Waals surface area (Å²) < 4.78 is 9.99. The average molecular weight is 258 g/mol. The van der Waals surface area contributed by atoms with Crippen molar-refractivity contribution in [2.24, 2.45) is 0 Å². The highest BCUT2D eigenvalue weighted by molar-refractivity contribution is 5.70. The van der Waals surface area contributed by atoms with Crippen molar-refractivity contribution in [3.8, 4) is 0 Å². The highest BCUT2D eigenvalue weighted by Crippen LogP contribution is 2.15. The first kappa shape index (κ1) is 14.6. The number of piperazine rings is 1. The first-order chi connectivity index (χ1) is 8.24. The van der Waals surface area contributed by atoms with Crippen LogP contribution >= 0.6 is 0 Å². The molecular weight excluding hydrogens is 236 g/mol. The zero-order valence-corrected chi connectivity index (χ0v) is 11.7. The van der Waals surface area contributed by atoms with Crippen LogP contribution in [0.1, 0.15) is 27.7 Å². The minimum Gasteiger partial charge on any atom is -0.453 e. The average Bonchev–Trinajstić information content (AvgIpc) is 2.25. The van der Waals surface area contributed by atoms with Gasteiger partial charge in [0.2, 0.25) is 0 Å². The lowest BCUT2D eigenvalue weighted by Gasteiger charge is -2.39. The Morgan fingerprint density at radius 3 is 2.22 bits per heavy atom. The molecule has 0 aromatic heterocycles. The van der Waals surface area contributed by atoms with Gasteiger partial charge < -0.3 is 19.3 Å². The van der Waals surface area contributed by atoms with E-state index >= 15 is 0 Å². The molecule has 0 aromatic rings. The van der Waals surface area contributed by atoms with Crippen LogP contribution in [0.15, 0.2) is 0 Å². The van der Waals surface area contributed by atoms with Gasteiger partial charge in [-0.3, -0.25) is 0 Å². The van der Waals surface area contributed by atoms with E-state index in [0.29, 0.717) is 19.6 Å². The SMILES string of the molecule is COC(=O)N1CCN(C(=O)OC(C)(C)C)C[C@H]1C. The van der Waals surface area contributed by atoms with Crippen LogP contribution in [-0.4, -0.2) is 60.4 Å². The molecule has 0 aliphatic carbocycles. The number of amides is 2. The van der Waals surface area contributed by atoms with E-state index in [2.05, 4.69) is 4.74 Å². The third-order valence-electron chi connectivity index (χ3n) is 2.69. The van der Waals surface area contributed by atoms with E-state index in [9.17, 15) is 9.59 Å². The third-order valence-corrected chi connectivity index (χ3v) is 2.69. The van der Waals surface area contributed by atoms with Crippen molar-refractivity contribution in [3.05, 3.63) is 0 Å². The van der Waals surface area contributed by atoms with Crippen LogP contribution in [0.3, 0.4) is 0 Å². The Labute approximate surface area is 108 Å². The van der Waals surface area contributed by atoms with E-state index in [4.69, 9.17) is 4.74 Å². The Bertz CT molecular complexity index is 325. The van der Waals surface area contributed by atoms with Crippen LogP contribution in [0.5, 0.6) is 0 Å².